The van der Waals surface area contributed by atoms with Crippen LogP contribution in [0.15, 0.2) is 0 Å². The second-order valence-corrected chi connectivity index (χ2v) is 4.10. The minimum atomic E-state index is -0.368. The molecular formula is C8H12O3S. The van der Waals surface area contributed by atoms with Crippen molar-refractivity contribution in [2.24, 2.45) is 5.92 Å². The molecule has 4 heteroatoms. The Balaban J connectivity index is 2.34. The van der Waals surface area contributed by atoms with E-state index < -0.39 is 0 Å². The summed E-state index contributed by atoms with van der Waals surface area (Å²) in [4.78, 5) is 21.6. The van der Waals surface area contributed by atoms with Crippen LogP contribution in [0.5, 0.6) is 0 Å². The molecule has 0 aromatic heterocycles. The van der Waals surface area contributed by atoms with Crippen LogP contribution < -0.4 is 0 Å². The molecule has 1 aliphatic heterocycles. The average molecular weight is 188 g/mol. The molecule has 0 amide bonds. The second-order valence-electron chi connectivity index (χ2n) is 2.78. The molecule has 1 saturated heterocycles. The predicted molar refractivity (Wildman–Crippen MR) is 46.8 cm³/mol. The van der Waals surface area contributed by atoms with Crippen molar-refractivity contribution in [1.82, 2.24) is 0 Å². The molecule has 1 aliphatic rings. The lowest BCUT2D eigenvalue weighted by Gasteiger charge is -2.18. The Morgan fingerprint density at radius 3 is 2.50 bits per heavy atom. The fraction of sp³-hybridized carbons (Fsp3) is 0.750. The zero-order chi connectivity index (χ0) is 8.97. The highest BCUT2D eigenvalue weighted by molar-refractivity contribution is 7.99. The first-order valence-electron chi connectivity index (χ1n) is 4.03. The summed E-state index contributed by atoms with van der Waals surface area (Å²) < 4.78 is 4.41. The number of hydrogen-bond donors (Lipinski definition) is 0. The van der Waals surface area contributed by atoms with E-state index in [2.05, 4.69) is 11.7 Å². The summed E-state index contributed by atoms with van der Waals surface area (Å²) in [5.41, 5.74) is 0. The summed E-state index contributed by atoms with van der Waals surface area (Å²) >= 11 is 1.76. The minimum absolute atomic E-state index is 0.198. The molecule has 68 valence electrons. The van der Waals surface area contributed by atoms with Gasteiger partial charge in [0, 0.05) is 0 Å². The largest absolute Gasteiger partial charge is 0.393 e. The van der Waals surface area contributed by atoms with Crippen LogP contribution in [0.4, 0.5) is 0 Å². The summed E-state index contributed by atoms with van der Waals surface area (Å²) in [6.45, 7) is 2.06. The molecule has 0 aromatic carbocycles. The molecule has 1 heterocycles. The van der Waals surface area contributed by atoms with Gasteiger partial charge in [-0.15, -0.1) is 0 Å². The number of cyclic esters (lactones) is 2. The Morgan fingerprint density at radius 2 is 2.00 bits per heavy atom. The summed E-state index contributed by atoms with van der Waals surface area (Å²) in [7, 11) is 0. The average Bonchev–Trinajstić information content (AvgIpc) is 1.99. The molecule has 0 aliphatic carbocycles. The standard InChI is InChI=1S/C8H12O3S/c1-2-12-5-6-3-7(9)11-8(10)4-6/h6H,2-5H2,1H3. The van der Waals surface area contributed by atoms with Crippen LogP contribution in [-0.4, -0.2) is 23.4 Å². The number of ether oxygens (including phenoxy) is 1. The quantitative estimate of drug-likeness (QED) is 0.493. The molecule has 1 rings (SSSR count). The maximum absolute atomic E-state index is 10.8. The Kier molecular flexibility index (Phi) is 3.59. The zero-order valence-corrected chi connectivity index (χ0v) is 7.86. The maximum atomic E-state index is 10.8. The SMILES string of the molecule is CCSCC1CC(=O)OC(=O)C1. The van der Waals surface area contributed by atoms with E-state index in [1.165, 1.54) is 0 Å². The van der Waals surface area contributed by atoms with E-state index >= 15 is 0 Å². The molecule has 1 fully saturated rings. The van der Waals surface area contributed by atoms with Crippen molar-refractivity contribution < 1.29 is 14.3 Å². The van der Waals surface area contributed by atoms with E-state index in [0.29, 0.717) is 12.8 Å². The molecule has 0 bridgehead atoms. The van der Waals surface area contributed by atoms with Gasteiger partial charge in [0.2, 0.25) is 0 Å². The molecule has 0 unspecified atom stereocenters. The third kappa shape index (κ3) is 2.85. The summed E-state index contributed by atoms with van der Waals surface area (Å²) in [5, 5.41) is 0. The molecular weight excluding hydrogens is 176 g/mol. The number of carbonyl (C=O) groups is 2. The molecule has 0 radical (unpaired) electrons. The van der Waals surface area contributed by atoms with Crippen LogP contribution in [0.1, 0.15) is 19.8 Å². The van der Waals surface area contributed by atoms with E-state index in [1.807, 2.05) is 0 Å². The Bertz CT molecular complexity index is 175. The Morgan fingerprint density at radius 1 is 1.42 bits per heavy atom. The highest BCUT2D eigenvalue weighted by atomic mass is 32.2. The predicted octanol–water partition coefficient (Wildman–Crippen LogP) is 1.22. The first-order valence-corrected chi connectivity index (χ1v) is 5.19. The van der Waals surface area contributed by atoms with E-state index in [1.54, 1.807) is 11.8 Å². The number of carbonyl (C=O) groups excluding carboxylic acids is 2. The Hall–Kier alpha value is -0.510. The summed E-state index contributed by atoms with van der Waals surface area (Å²) in [5.74, 6) is 1.38. The maximum Gasteiger partial charge on any atom is 0.313 e. The normalized spacial score (nSPS) is 19.4. The third-order valence-corrected chi connectivity index (χ3v) is 2.81. The summed E-state index contributed by atoms with van der Waals surface area (Å²) in [6, 6.07) is 0. The molecule has 3 nitrogen and oxygen atoms in total. The van der Waals surface area contributed by atoms with Crippen molar-refractivity contribution in [3.63, 3.8) is 0 Å². The third-order valence-electron chi connectivity index (χ3n) is 1.70. The lowest BCUT2D eigenvalue weighted by atomic mass is 10.0. The molecule has 12 heavy (non-hydrogen) atoms. The van der Waals surface area contributed by atoms with Gasteiger partial charge < -0.3 is 4.74 Å². The van der Waals surface area contributed by atoms with Gasteiger partial charge >= 0.3 is 11.9 Å². The van der Waals surface area contributed by atoms with Gasteiger partial charge in [0.1, 0.15) is 0 Å². The fourth-order valence-corrected chi connectivity index (χ4v) is 1.96. The zero-order valence-electron chi connectivity index (χ0n) is 7.04. The second kappa shape index (κ2) is 4.50. The summed E-state index contributed by atoms with van der Waals surface area (Å²) in [6.07, 6.45) is 0.803. The van der Waals surface area contributed by atoms with Gasteiger partial charge in [-0.25, -0.2) is 0 Å². The van der Waals surface area contributed by atoms with Crippen LogP contribution in [-0.2, 0) is 14.3 Å². The number of rotatable bonds is 3. The highest BCUT2D eigenvalue weighted by Gasteiger charge is 2.26. The first kappa shape index (κ1) is 9.58. The van der Waals surface area contributed by atoms with Crippen LogP contribution >= 0.6 is 11.8 Å². The number of thioether (sulfide) groups is 1. The topological polar surface area (TPSA) is 43.4 Å². The lowest BCUT2D eigenvalue weighted by Crippen LogP contribution is -2.26. The van der Waals surface area contributed by atoms with Crippen LogP contribution in [0, 0.1) is 5.92 Å². The molecule has 0 spiro atoms. The van der Waals surface area contributed by atoms with E-state index in [9.17, 15) is 9.59 Å². The van der Waals surface area contributed by atoms with Crippen molar-refractivity contribution >= 4 is 23.7 Å². The van der Waals surface area contributed by atoms with Gasteiger partial charge in [-0.3, -0.25) is 9.59 Å². The van der Waals surface area contributed by atoms with Crippen LogP contribution in [0.2, 0.25) is 0 Å². The lowest BCUT2D eigenvalue weighted by molar-refractivity contribution is -0.164. The van der Waals surface area contributed by atoms with Crippen molar-refractivity contribution in [3.05, 3.63) is 0 Å². The van der Waals surface area contributed by atoms with E-state index in [4.69, 9.17) is 0 Å². The molecule has 0 N–H and O–H groups in total. The molecule has 0 aromatic rings. The van der Waals surface area contributed by atoms with E-state index in [0.717, 1.165) is 11.5 Å². The van der Waals surface area contributed by atoms with Crippen molar-refractivity contribution in [3.8, 4) is 0 Å². The van der Waals surface area contributed by atoms with Crippen molar-refractivity contribution in [2.45, 2.75) is 19.8 Å². The molecule has 0 saturated carbocycles. The first-order chi connectivity index (χ1) is 5.72. The van der Waals surface area contributed by atoms with Crippen LogP contribution in [0.3, 0.4) is 0 Å². The van der Waals surface area contributed by atoms with Gasteiger partial charge in [-0.2, -0.15) is 11.8 Å². The van der Waals surface area contributed by atoms with Crippen molar-refractivity contribution in [2.75, 3.05) is 11.5 Å². The number of esters is 2. The Labute approximate surface area is 75.8 Å². The smallest absolute Gasteiger partial charge is 0.313 e. The fourth-order valence-electron chi connectivity index (χ4n) is 1.16. The minimum Gasteiger partial charge on any atom is -0.393 e. The van der Waals surface area contributed by atoms with E-state index in [-0.39, 0.29) is 17.9 Å². The van der Waals surface area contributed by atoms with Gasteiger partial charge in [0.25, 0.3) is 0 Å². The van der Waals surface area contributed by atoms with Gasteiger partial charge in [-0.1, -0.05) is 6.92 Å². The van der Waals surface area contributed by atoms with Crippen LogP contribution in [0.25, 0.3) is 0 Å². The highest BCUT2D eigenvalue weighted by Crippen LogP contribution is 2.21. The molecule has 0 atom stereocenters. The van der Waals surface area contributed by atoms with Gasteiger partial charge in [0.05, 0.1) is 12.8 Å². The van der Waals surface area contributed by atoms with Gasteiger partial charge in [0.15, 0.2) is 0 Å². The number of hydrogen-bond acceptors (Lipinski definition) is 4. The van der Waals surface area contributed by atoms with Crippen molar-refractivity contribution in [1.29, 1.82) is 0 Å². The van der Waals surface area contributed by atoms with Gasteiger partial charge in [-0.05, 0) is 17.4 Å². The monoisotopic (exact) mass is 188 g/mol.